The molecule has 0 unspecified atom stereocenters. The van der Waals surface area contributed by atoms with Crippen LogP contribution in [0.4, 0.5) is 0 Å². The van der Waals surface area contributed by atoms with Gasteiger partial charge in [-0.05, 0) is 6.54 Å². The third-order valence-electron chi connectivity index (χ3n) is 1.35. The Bertz CT molecular complexity index is 167. The molecule has 0 fully saturated rings. The van der Waals surface area contributed by atoms with E-state index in [2.05, 4.69) is 10.1 Å². The van der Waals surface area contributed by atoms with E-state index < -0.39 is 18.0 Å². The Kier molecular flexibility index (Phi) is 5.03. The Morgan fingerprint density at radius 1 is 1.58 bits per heavy atom. The lowest BCUT2D eigenvalue weighted by Gasteiger charge is -2.10. The van der Waals surface area contributed by atoms with Crippen LogP contribution in [-0.4, -0.2) is 36.7 Å². The van der Waals surface area contributed by atoms with Crippen LogP contribution >= 0.6 is 0 Å². The molecule has 12 heavy (non-hydrogen) atoms. The van der Waals surface area contributed by atoms with E-state index in [0.717, 1.165) is 0 Å². The van der Waals surface area contributed by atoms with Crippen LogP contribution in [0.5, 0.6) is 0 Å². The maximum absolute atomic E-state index is 10.7. The number of hydrogen-bond acceptors (Lipinski definition) is 4. The highest BCUT2D eigenvalue weighted by molar-refractivity contribution is 5.81. The highest BCUT2D eigenvalue weighted by atomic mass is 16.5. The fourth-order valence-corrected chi connectivity index (χ4v) is 0.743. The standard InChI is InChI=1S/C7H13NO4/c1-3-8-5(7(10)11)4-6(9)12-2/h5,8H,3-4H2,1-2H3,(H,10,11)/t5-/m0/s1. The van der Waals surface area contributed by atoms with Crippen molar-refractivity contribution in [3.63, 3.8) is 0 Å². The van der Waals surface area contributed by atoms with Gasteiger partial charge in [-0.25, -0.2) is 0 Å². The average molecular weight is 175 g/mol. The van der Waals surface area contributed by atoms with Crippen molar-refractivity contribution in [2.75, 3.05) is 13.7 Å². The highest BCUT2D eigenvalue weighted by Crippen LogP contribution is 1.94. The topological polar surface area (TPSA) is 75.6 Å². The monoisotopic (exact) mass is 175 g/mol. The first-order valence-corrected chi connectivity index (χ1v) is 3.64. The number of carbonyl (C=O) groups is 2. The summed E-state index contributed by atoms with van der Waals surface area (Å²) in [6.07, 6.45) is -0.139. The molecule has 0 aromatic rings. The van der Waals surface area contributed by atoms with Gasteiger partial charge < -0.3 is 15.2 Å². The molecule has 1 atom stereocenters. The van der Waals surface area contributed by atoms with Gasteiger partial charge in [0.25, 0.3) is 0 Å². The largest absolute Gasteiger partial charge is 0.480 e. The lowest BCUT2D eigenvalue weighted by molar-refractivity contribution is -0.147. The third-order valence-corrected chi connectivity index (χ3v) is 1.35. The summed E-state index contributed by atoms with van der Waals surface area (Å²) in [5, 5.41) is 11.2. The molecular weight excluding hydrogens is 162 g/mol. The maximum atomic E-state index is 10.7. The fraction of sp³-hybridized carbons (Fsp3) is 0.714. The average Bonchev–Trinajstić information content (AvgIpc) is 2.03. The van der Waals surface area contributed by atoms with Crippen LogP contribution in [0, 0.1) is 0 Å². The van der Waals surface area contributed by atoms with E-state index >= 15 is 0 Å². The van der Waals surface area contributed by atoms with Crippen molar-refractivity contribution in [1.29, 1.82) is 0 Å². The van der Waals surface area contributed by atoms with Gasteiger partial charge in [0.1, 0.15) is 6.04 Å². The first kappa shape index (κ1) is 10.9. The maximum Gasteiger partial charge on any atom is 0.321 e. The van der Waals surface area contributed by atoms with E-state index in [-0.39, 0.29) is 6.42 Å². The molecule has 5 nitrogen and oxygen atoms in total. The first-order valence-electron chi connectivity index (χ1n) is 3.64. The van der Waals surface area contributed by atoms with Gasteiger partial charge in [0.05, 0.1) is 13.5 Å². The highest BCUT2D eigenvalue weighted by Gasteiger charge is 2.19. The fourth-order valence-electron chi connectivity index (χ4n) is 0.743. The van der Waals surface area contributed by atoms with Crippen LogP contribution < -0.4 is 5.32 Å². The van der Waals surface area contributed by atoms with Crippen molar-refractivity contribution in [2.45, 2.75) is 19.4 Å². The summed E-state index contributed by atoms with van der Waals surface area (Å²) in [4.78, 5) is 21.1. The van der Waals surface area contributed by atoms with Gasteiger partial charge >= 0.3 is 11.9 Å². The summed E-state index contributed by atoms with van der Waals surface area (Å²) in [5.41, 5.74) is 0. The minimum atomic E-state index is -1.04. The molecule has 2 N–H and O–H groups in total. The number of methoxy groups -OCH3 is 1. The van der Waals surface area contributed by atoms with Gasteiger partial charge in [0, 0.05) is 0 Å². The molecule has 0 bridgehead atoms. The van der Waals surface area contributed by atoms with Gasteiger partial charge in [-0.1, -0.05) is 6.92 Å². The third kappa shape index (κ3) is 3.92. The lowest BCUT2D eigenvalue weighted by atomic mass is 10.2. The molecule has 0 amide bonds. The summed E-state index contributed by atoms with van der Waals surface area (Å²) in [5.74, 6) is -1.56. The Labute approximate surface area is 70.7 Å². The van der Waals surface area contributed by atoms with Gasteiger partial charge in [-0.3, -0.25) is 9.59 Å². The number of hydrogen-bond donors (Lipinski definition) is 2. The van der Waals surface area contributed by atoms with Crippen LogP contribution in [0.2, 0.25) is 0 Å². The van der Waals surface area contributed by atoms with Crippen LogP contribution in [0.25, 0.3) is 0 Å². The summed E-state index contributed by atoms with van der Waals surface area (Å²) in [6, 6.07) is -0.845. The Hall–Kier alpha value is -1.10. The Morgan fingerprint density at radius 3 is 2.50 bits per heavy atom. The number of rotatable bonds is 5. The number of aliphatic carboxylic acids is 1. The lowest BCUT2D eigenvalue weighted by Crippen LogP contribution is -2.38. The molecule has 0 spiro atoms. The van der Waals surface area contributed by atoms with E-state index in [0.29, 0.717) is 6.54 Å². The molecule has 0 aliphatic carbocycles. The zero-order valence-electron chi connectivity index (χ0n) is 7.16. The van der Waals surface area contributed by atoms with Crippen molar-refractivity contribution < 1.29 is 19.4 Å². The SMILES string of the molecule is CCN[C@@H](CC(=O)OC)C(=O)O. The zero-order valence-corrected chi connectivity index (χ0v) is 7.16. The van der Waals surface area contributed by atoms with E-state index in [1.165, 1.54) is 7.11 Å². The van der Waals surface area contributed by atoms with Gasteiger partial charge in [0.15, 0.2) is 0 Å². The predicted molar refractivity (Wildman–Crippen MR) is 41.7 cm³/mol. The quantitative estimate of drug-likeness (QED) is 0.557. The van der Waals surface area contributed by atoms with E-state index in [1.54, 1.807) is 6.92 Å². The van der Waals surface area contributed by atoms with Crippen LogP contribution in [0.1, 0.15) is 13.3 Å². The Balaban J connectivity index is 3.95. The number of ether oxygens (including phenoxy) is 1. The predicted octanol–water partition coefficient (Wildman–Crippen LogP) is -0.388. The minimum Gasteiger partial charge on any atom is -0.480 e. The van der Waals surface area contributed by atoms with Crippen molar-refractivity contribution >= 4 is 11.9 Å². The molecule has 0 saturated carbocycles. The van der Waals surface area contributed by atoms with Crippen LogP contribution in [0.15, 0.2) is 0 Å². The van der Waals surface area contributed by atoms with Crippen molar-refractivity contribution in [1.82, 2.24) is 5.32 Å². The van der Waals surface area contributed by atoms with Crippen LogP contribution in [-0.2, 0) is 14.3 Å². The van der Waals surface area contributed by atoms with Gasteiger partial charge in [-0.15, -0.1) is 0 Å². The molecule has 0 aliphatic rings. The second-order valence-electron chi connectivity index (χ2n) is 2.23. The van der Waals surface area contributed by atoms with E-state index in [4.69, 9.17) is 5.11 Å². The van der Waals surface area contributed by atoms with Crippen molar-refractivity contribution in [3.8, 4) is 0 Å². The van der Waals surface area contributed by atoms with Gasteiger partial charge in [0.2, 0.25) is 0 Å². The molecule has 0 radical (unpaired) electrons. The Morgan fingerprint density at radius 2 is 2.17 bits per heavy atom. The molecule has 0 aromatic heterocycles. The second kappa shape index (κ2) is 5.54. The summed E-state index contributed by atoms with van der Waals surface area (Å²) < 4.78 is 4.33. The molecule has 0 heterocycles. The molecule has 0 rings (SSSR count). The smallest absolute Gasteiger partial charge is 0.321 e. The summed E-state index contributed by atoms with van der Waals surface area (Å²) >= 11 is 0. The molecular formula is C7H13NO4. The number of carbonyl (C=O) groups excluding carboxylic acids is 1. The van der Waals surface area contributed by atoms with Crippen molar-refractivity contribution in [3.05, 3.63) is 0 Å². The minimum absolute atomic E-state index is 0.139. The molecule has 0 aromatic carbocycles. The number of nitrogens with one attached hydrogen (secondary N) is 1. The summed E-state index contributed by atoms with van der Waals surface area (Å²) in [7, 11) is 1.23. The number of carboxylic acid groups (broad SMARTS) is 1. The number of esters is 1. The van der Waals surface area contributed by atoms with Crippen LogP contribution in [0.3, 0.4) is 0 Å². The van der Waals surface area contributed by atoms with E-state index in [9.17, 15) is 9.59 Å². The molecule has 0 aliphatic heterocycles. The van der Waals surface area contributed by atoms with Crippen molar-refractivity contribution in [2.24, 2.45) is 0 Å². The first-order chi connectivity index (χ1) is 5.61. The zero-order chi connectivity index (χ0) is 9.56. The number of likely N-dealkylation sites (N-methyl/N-ethyl adjacent to an activating group) is 1. The normalized spacial score (nSPS) is 12.2. The van der Waals surface area contributed by atoms with Gasteiger partial charge in [-0.2, -0.15) is 0 Å². The molecule has 0 saturated heterocycles. The molecule has 70 valence electrons. The second-order valence-corrected chi connectivity index (χ2v) is 2.23. The molecule has 5 heteroatoms. The van der Waals surface area contributed by atoms with E-state index in [1.807, 2.05) is 0 Å². The summed E-state index contributed by atoms with van der Waals surface area (Å²) in [6.45, 7) is 2.28. The number of carboxylic acids is 1.